The molecule has 1 aliphatic heterocycles. The molecule has 1 aromatic carbocycles. The zero-order valence-corrected chi connectivity index (χ0v) is 13.5. The van der Waals surface area contributed by atoms with Crippen LogP contribution in [0.4, 0.5) is 5.69 Å². The Morgan fingerprint density at radius 3 is 2.38 bits per heavy atom. The van der Waals surface area contributed by atoms with Crippen LogP contribution in [-0.2, 0) is 14.8 Å². The fraction of sp³-hybridized carbons (Fsp3) is 0.600. The Labute approximate surface area is 127 Å². The summed E-state index contributed by atoms with van der Waals surface area (Å²) in [4.78, 5) is 0.361. The van der Waals surface area contributed by atoms with Crippen LogP contribution >= 0.6 is 0 Å². The largest absolute Gasteiger partial charge is 0.385 e. The van der Waals surface area contributed by atoms with Crippen LogP contribution in [0.1, 0.15) is 26.2 Å². The molecule has 6 heteroatoms. The van der Waals surface area contributed by atoms with Gasteiger partial charge in [0.1, 0.15) is 0 Å². The van der Waals surface area contributed by atoms with E-state index in [0.717, 1.165) is 31.5 Å². The molecule has 0 amide bonds. The summed E-state index contributed by atoms with van der Waals surface area (Å²) in [5, 5.41) is 3.24. The van der Waals surface area contributed by atoms with Crippen molar-refractivity contribution >= 4 is 15.7 Å². The van der Waals surface area contributed by atoms with E-state index in [2.05, 4.69) is 12.2 Å². The molecule has 118 valence electrons. The molecule has 5 nitrogen and oxygen atoms in total. The molecule has 0 bridgehead atoms. The van der Waals surface area contributed by atoms with Crippen LogP contribution in [0.5, 0.6) is 0 Å². The molecule has 0 aromatic heterocycles. The summed E-state index contributed by atoms with van der Waals surface area (Å²) in [7, 11) is -1.70. The van der Waals surface area contributed by atoms with E-state index in [-0.39, 0.29) is 6.10 Å². The number of methoxy groups -OCH3 is 1. The highest BCUT2D eigenvalue weighted by Crippen LogP contribution is 2.23. The first-order chi connectivity index (χ1) is 10.1. The average Bonchev–Trinajstić information content (AvgIpc) is 2.53. The molecule has 0 radical (unpaired) electrons. The second-order valence-electron chi connectivity index (χ2n) is 5.29. The molecule has 0 atom stereocenters. The number of ether oxygens (including phenoxy) is 1. The van der Waals surface area contributed by atoms with Crippen molar-refractivity contribution in [2.75, 3.05) is 32.1 Å². The number of sulfonamides is 1. The highest BCUT2D eigenvalue weighted by molar-refractivity contribution is 7.89. The van der Waals surface area contributed by atoms with Crippen molar-refractivity contribution in [2.24, 2.45) is 0 Å². The van der Waals surface area contributed by atoms with Crippen molar-refractivity contribution in [3.63, 3.8) is 0 Å². The third-order valence-electron chi connectivity index (χ3n) is 3.81. The third kappa shape index (κ3) is 3.96. The predicted molar refractivity (Wildman–Crippen MR) is 84.0 cm³/mol. The summed E-state index contributed by atoms with van der Waals surface area (Å²) < 4.78 is 32.0. The highest BCUT2D eigenvalue weighted by Gasteiger charge is 2.29. The van der Waals surface area contributed by atoms with Gasteiger partial charge in [-0.3, -0.25) is 0 Å². The van der Waals surface area contributed by atoms with E-state index < -0.39 is 10.0 Å². The van der Waals surface area contributed by atoms with Crippen molar-refractivity contribution in [3.8, 4) is 0 Å². The Morgan fingerprint density at radius 2 is 1.86 bits per heavy atom. The number of piperidine rings is 1. The van der Waals surface area contributed by atoms with Crippen molar-refractivity contribution < 1.29 is 13.2 Å². The summed E-state index contributed by atoms with van der Waals surface area (Å²) in [5.41, 5.74) is 0.953. The third-order valence-corrected chi connectivity index (χ3v) is 5.72. The minimum Gasteiger partial charge on any atom is -0.385 e. The molecule has 1 heterocycles. The number of hydrogen-bond donors (Lipinski definition) is 1. The van der Waals surface area contributed by atoms with Crippen LogP contribution in [0.25, 0.3) is 0 Å². The second-order valence-corrected chi connectivity index (χ2v) is 7.23. The SMILES string of the molecule is CCCNc1ccc(S(=O)(=O)N2CCC(OC)CC2)cc1. The normalized spacial score (nSPS) is 17.8. The first-order valence-corrected chi connectivity index (χ1v) is 8.89. The minimum atomic E-state index is -3.38. The standard InChI is InChI=1S/C15H24N2O3S/c1-3-10-16-13-4-6-15(7-5-13)21(18,19)17-11-8-14(20-2)9-12-17/h4-7,14,16H,3,8-12H2,1-2H3. The van der Waals surface area contributed by atoms with Gasteiger partial charge in [-0.05, 0) is 43.5 Å². The Morgan fingerprint density at radius 1 is 1.24 bits per heavy atom. The first kappa shape index (κ1) is 16.3. The van der Waals surface area contributed by atoms with Crippen LogP contribution < -0.4 is 5.32 Å². The van der Waals surface area contributed by atoms with E-state index in [1.807, 2.05) is 12.1 Å². The lowest BCUT2D eigenvalue weighted by Gasteiger charge is -2.30. The fourth-order valence-electron chi connectivity index (χ4n) is 2.47. The summed E-state index contributed by atoms with van der Waals surface area (Å²) in [6, 6.07) is 7.00. The summed E-state index contributed by atoms with van der Waals surface area (Å²) >= 11 is 0. The van der Waals surface area contributed by atoms with E-state index in [1.54, 1.807) is 23.5 Å². The van der Waals surface area contributed by atoms with Crippen molar-refractivity contribution in [3.05, 3.63) is 24.3 Å². The minimum absolute atomic E-state index is 0.178. The van der Waals surface area contributed by atoms with Crippen LogP contribution in [-0.4, -0.2) is 45.6 Å². The lowest BCUT2D eigenvalue weighted by atomic mass is 10.1. The van der Waals surface area contributed by atoms with Gasteiger partial charge in [-0.2, -0.15) is 4.31 Å². The zero-order chi connectivity index (χ0) is 15.3. The fourth-order valence-corrected chi connectivity index (χ4v) is 3.94. The topological polar surface area (TPSA) is 58.6 Å². The van der Waals surface area contributed by atoms with Gasteiger partial charge in [0.15, 0.2) is 0 Å². The number of nitrogens with one attached hydrogen (secondary N) is 1. The van der Waals surface area contributed by atoms with Crippen molar-refractivity contribution in [2.45, 2.75) is 37.2 Å². The maximum absolute atomic E-state index is 12.6. The van der Waals surface area contributed by atoms with Crippen LogP contribution in [0.15, 0.2) is 29.2 Å². The lowest BCUT2D eigenvalue weighted by molar-refractivity contribution is 0.0604. The van der Waals surface area contributed by atoms with Gasteiger partial charge in [-0.15, -0.1) is 0 Å². The second kappa shape index (κ2) is 7.24. The van der Waals surface area contributed by atoms with Gasteiger partial charge < -0.3 is 10.1 Å². The summed E-state index contributed by atoms with van der Waals surface area (Å²) in [6.07, 6.45) is 2.73. The number of nitrogens with zero attached hydrogens (tertiary/aromatic N) is 1. The Hall–Kier alpha value is -1.11. The van der Waals surface area contributed by atoms with Crippen LogP contribution in [0, 0.1) is 0 Å². The van der Waals surface area contributed by atoms with Crippen LogP contribution in [0.3, 0.4) is 0 Å². The first-order valence-electron chi connectivity index (χ1n) is 7.44. The van der Waals surface area contributed by atoms with E-state index in [9.17, 15) is 8.42 Å². The number of hydrogen-bond acceptors (Lipinski definition) is 4. The van der Waals surface area contributed by atoms with E-state index in [0.29, 0.717) is 18.0 Å². The molecule has 1 saturated heterocycles. The van der Waals surface area contributed by atoms with Crippen molar-refractivity contribution in [1.29, 1.82) is 0 Å². The lowest BCUT2D eigenvalue weighted by Crippen LogP contribution is -2.40. The van der Waals surface area contributed by atoms with Crippen molar-refractivity contribution in [1.82, 2.24) is 4.31 Å². The number of anilines is 1. The summed E-state index contributed by atoms with van der Waals surface area (Å²) in [5.74, 6) is 0. The molecule has 1 aliphatic rings. The Bertz CT molecular complexity index is 535. The molecular formula is C15H24N2O3S. The average molecular weight is 312 g/mol. The number of rotatable bonds is 6. The molecular weight excluding hydrogens is 288 g/mol. The predicted octanol–water partition coefficient (Wildman–Crippen LogP) is 2.31. The highest BCUT2D eigenvalue weighted by atomic mass is 32.2. The van der Waals surface area contributed by atoms with Crippen LogP contribution in [0.2, 0.25) is 0 Å². The monoisotopic (exact) mass is 312 g/mol. The molecule has 1 fully saturated rings. The number of benzene rings is 1. The van der Waals surface area contributed by atoms with E-state index in [1.165, 1.54) is 0 Å². The molecule has 1 N–H and O–H groups in total. The molecule has 21 heavy (non-hydrogen) atoms. The Kier molecular flexibility index (Phi) is 5.61. The summed E-state index contributed by atoms with van der Waals surface area (Å²) in [6.45, 7) is 4.03. The van der Waals surface area contributed by atoms with Gasteiger partial charge in [0, 0.05) is 32.4 Å². The quantitative estimate of drug-likeness (QED) is 0.876. The van der Waals surface area contributed by atoms with Gasteiger partial charge in [0.2, 0.25) is 10.0 Å². The van der Waals surface area contributed by atoms with E-state index in [4.69, 9.17) is 4.74 Å². The molecule has 1 aromatic rings. The molecule has 0 saturated carbocycles. The zero-order valence-electron chi connectivity index (χ0n) is 12.7. The van der Waals surface area contributed by atoms with Gasteiger partial charge in [0.25, 0.3) is 0 Å². The maximum atomic E-state index is 12.6. The van der Waals surface area contributed by atoms with Gasteiger partial charge in [0.05, 0.1) is 11.0 Å². The van der Waals surface area contributed by atoms with Gasteiger partial charge >= 0.3 is 0 Å². The van der Waals surface area contributed by atoms with Gasteiger partial charge in [-0.25, -0.2) is 8.42 Å². The van der Waals surface area contributed by atoms with Gasteiger partial charge in [-0.1, -0.05) is 6.92 Å². The molecule has 0 aliphatic carbocycles. The molecule has 0 spiro atoms. The Balaban J connectivity index is 2.05. The van der Waals surface area contributed by atoms with E-state index >= 15 is 0 Å². The maximum Gasteiger partial charge on any atom is 0.243 e. The smallest absolute Gasteiger partial charge is 0.243 e. The molecule has 0 unspecified atom stereocenters. The molecule has 2 rings (SSSR count).